The number of carbonyl (C=O) groups is 2. The fraction of sp³-hybridized carbons (Fsp3) is 0.692. The molecule has 0 aromatic heterocycles. The van der Waals surface area contributed by atoms with Gasteiger partial charge in [0.25, 0.3) is 5.91 Å². The molecule has 2 unspecified atom stereocenters. The second kappa shape index (κ2) is 14.3. The van der Waals surface area contributed by atoms with E-state index >= 15 is 0 Å². The number of hydrogen-bond donors (Lipinski definition) is 1. The van der Waals surface area contributed by atoms with Crippen LogP contribution in [0.25, 0.3) is 0 Å². The van der Waals surface area contributed by atoms with Crippen molar-refractivity contribution in [2.45, 2.75) is 59.0 Å². The van der Waals surface area contributed by atoms with E-state index in [1.54, 1.807) is 37.2 Å². The van der Waals surface area contributed by atoms with Crippen LogP contribution < -0.4 is 14.8 Å². The Balaban J connectivity index is 2.15. The molecule has 2 amide bonds. The van der Waals surface area contributed by atoms with Gasteiger partial charge in [0, 0.05) is 57.3 Å². The van der Waals surface area contributed by atoms with E-state index in [4.69, 9.17) is 22.2 Å². The van der Waals surface area contributed by atoms with Crippen LogP contribution in [0.15, 0.2) is 18.2 Å². The third-order valence-electron chi connectivity index (χ3n) is 6.07. The Morgan fingerprint density at radius 2 is 1.89 bits per heavy atom. The first kappa shape index (κ1) is 29.0. The number of rotatable bonds is 13. The lowest BCUT2D eigenvalue weighted by atomic mass is 9.90. The van der Waals surface area contributed by atoms with E-state index in [2.05, 4.69) is 5.32 Å². The summed E-state index contributed by atoms with van der Waals surface area (Å²) < 4.78 is 16.4. The topological polar surface area (TPSA) is 80.3 Å². The van der Waals surface area contributed by atoms with Crippen molar-refractivity contribution in [2.75, 3.05) is 47.1 Å². The largest absolute Gasteiger partial charge is 0.493 e. The van der Waals surface area contributed by atoms with Crippen LogP contribution in [0.4, 0.5) is 0 Å². The maximum absolute atomic E-state index is 13.7. The van der Waals surface area contributed by atoms with E-state index in [0.29, 0.717) is 62.2 Å². The van der Waals surface area contributed by atoms with Crippen molar-refractivity contribution in [3.63, 3.8) is 0 Å². The molecule has 35 heavy (non-hydrogen) atoms. The highest BCUT2D eigenvalue weighted by atomic mass is 16.5. The average Bonchev–Trinajstić information content (AvgIpc) is 2.79. The second-order valence-corrected chi connectivity index (χ2v) is 9.98. The first-order valence-electron chi connectivity index (χ1n) is 12.5. The van der Waals surface area contributed by atoms with Gasteiger partial charge in [-0.25, -0.2) is 0 Å². The summed E-state index contributed by atoms with van der Waals surface area (Å²) in [6.45, 7) is 11.0. The van der Waals surface area contributed by atoms with E-state index in [9.17, 15) is 9.59 Å². The molecule has 8 nitrogen and oxygen atoms in total. The summed E-state index contributed by atoms with van der Waals surface area (Å²) in [6, 6.07) is 5.19. The molecule has 9 heteroatoms. The Kier molecular flexibility index (Phi) is 11.9. The van der Waals surface area contributed by atoms with Crippen LogP contribution in [0.2, 0.25) is 0 Å². The third-order valence-corrected chi connectivity index (χ3v) is 6.07. The van der Waals surface area contributed by atoms with Crippen LogP contribution in [0, 0.1) is 11.8 Å². The summed E-state index contributed by atoms with van der Waals surface area (Å²) in [5.74, 6) is 1.57. The van der Waals surface area contributed by atoms with Gasteiger partial charge in [-0.3, -0.25) is 9.59 Å². The highest BCUT2D eigenvalue weighted by molar-refractivity contribution is 6.04. The number of piperidine rings is 1. The Hall–Kier alpha value is -2.26. The maximum Gasteiger partial charge on any atom is 0.254 e. The lowest BCUT2D eigenvalue weighted by Gasteiger charge is -2.43. The minimum Gasteiger partial charge on any atom is -0.493 e. The lowest BCUT2D eigenvalue weighted by Crippen LogP contribution is -2.55. The van der Waals surface area contributed by atoms with Crippen LogP contribution in [-0.4, -0.2) is 88.7 Å². The lowest BCUT2D eigenvalue weighted by molar-refractivity contribution is -0.122. The number of benzene rings is 1. The number of nitrogens with one attached hydrogen (secondary N) is 1. The van der Waals surface area contributed by atoms with Crippen molar-refractivity contribution in [2.24, 2.45) is 11.8 Å². The first-order chi connectivity index (χ1) is 16.7. The molecule has 1 heterocycles. The van der Waals surface area contributed by atoms with Crippen molar-refractivity contribution in [3.8, 4) is 11.5 Å². The molecule has 0 saturated carbocycles. The Morgan fingerprint density at radius 1 is 1.14 bits per heavy atom. The van der Waals surface area contributed by atoms with E-state index < -0.39 is 0 Å². The van der Waals surface area contributed by atoms with Crippen LogP contribution in [0.5, 0.6) is 11.5 Å². The van der Waals surface area contributed by atoms with Gasteiger partial charge in [-0.15, -0.1) is 0 Å². The third kappa shape index (κ3) is 9.04. The van der Waals surface area contributed by atoms with Gasteiger partial charge in [-0.2, -0.15) is 0 Å². The molecule has 2 atom stereocenters. The Morgan fingerprint density at radius 3 is 2.51 bits per heavy atom. The van der Waals surface area contributed by atoms with Crippen molar-refractivity contribution < 1.29 is 23.8 Å². The van der Waals surface area contributed by atoms with Gasteiger partial charge in [0.15, 0.2) is 19.5 Å². The molecule has 1 aromatic carbocycles. The minimum absolute atomic E-state index is 0.0247. The summed E-state index contributed by atoms with van der Waals surface area (Å²) in [7, 11) is 9.49. The van der Waals surface area contributed by atoms with E-state index in [-0.39, 0.29) is 29.8 Å². The average molecular weight is 487 g/mol. The van der Waals surface area contributed by atoms with Gasteiger partial charge in [0.2, 0.25) is 5.91 Å². The van der Waals surface area contributed by atoms with Gasteiger partial charge < -0.3 is 29.2 Å². The molecule has 0 spiro atoms. The molecule has 194 valence electrons. The van der Waals surface area contributed by atoms with Crippen LogP contribution in [0.1, 0.15) is 57.3 Å². The smallest absolute Gasteiger partial charge is 0.254 e. The van der Waals surface area contributed by atoms with E-state index in [1.165, 1.54) is 0 Å². The van der Waals surface area contributed by atoms with Crippen LogP contribution in [0.3, 0.4) is 0 Å². The molecule has 1 saturated heterocycles. The van der Waals surface area contributed by atoms with Crippen LogP contribution in [-0.2, 0) is 9.53 Å². The summed E-state index contributed by atoms with van der Waals surface area (Å²) in [5, 5.41) is 3.04. The molecule has 1 N–H and O–H groups in total. The summed E-state index contributed by atoms with van der Waals surface area (Å²) in [6.07, 6.45) is 2.02. The zero-order valence-corrected chi connectivity index (χ0v) is 22.2. The van der Waals surface area contributed by atoms with Crippen molar-refractivity contribution in [1.82, 2.24) is 15.0 Å². The van der Waals surface area contributed by atoms with Crippen LogP contribution >= 0.6 is 0 Å². The quantitative estimate of drug-likeness (QED) is 0.341. The van der Waals surface area contributed by atoms with Gasteiger partial charge in [-0.1, -0.05) is 13.8 Å². The fourth-order valence-corrected chi connectivity index (χ4v) is 4.54. The van der Waals surface area contributed by atoms with Gasteiger partial charge in [0.05, 0.1) is 13.7 Å². The number of methoxy groups -OCH3 is 2. The number of nitrogens with zero attached hydrogens (tertiary/aromatic N) is 2. The molecule has 1 fully saturated rings. The summed E-state index contributed by atoms with van der Waals surface area (Å²) >= 11 is 0. The maximum atomic E-state index is 13.7. The van der Waals surface area contributed by atoms with E-state index in [0.717, 1.165) is 12.8 Å². The highest BCUT2D eigenvalue weighted by Crippen LogP contribution is 2.30. The monoisotopic (exact) mass is 487 g/mol. The van der Waals surface area contributed by atoms with Gasteiger partial charge in [0.1, 0.15) is 0 Å². The standard InChI is InChI=1S/C26H42BN3O5/c1-18(2)12-25(31)28-15-20-13-22(17-29(27)16-20)30(19(3)4)26(32)21-8-9-23(34-6)24(14-21)35-11-7-10-33-5/h8-9,14,18-20,22H,7,10-13,15-17H2,1-6H3,(H,28,31). The molecule has 1 aliphatic heterocycles. The molecule has 2 rings (SSSR count). The SMILES string of the molecule is [B]N1CC(CNC(=O)CC(C)C)CC(N(C(=O)c2ccc(OC)c(OCCCOC)c2)C(C)C)C1. The second-order valence-electron chi connectivity index (χ2n) is 9.98. The predicted molar refractivity (Wildman–Crippen MR) is 138 cm³/mol. The molecule has 0 bridgehead atoms. The van der Waals surface area contributed by atoms with Crippen molar-refractivity contribution >= 4 is 19.8 Å². The van der Waals surface area contributed by atoms with Crippen molar-refractivity contribution in [3.05, 3.63) is 23.8 Å². The Bertz CT molecular complexity index is 820. The van der Waals surface area contributed by atoms with Crippen molar-refractivity contribution in [1.29, 1.82) is 0 Å². The summed E-state index contributed by atoms with van der Waals surface area (Å²) in [4.78, 5) is 29.5. The number of ether oxygens (including phenoxy) is 3. The van der Waals surface area contributed by atoms with Gasteiger partial charge >= 0.3 is 0 Å². The van der Waals surface area contributed by atoms with Gasteiger partial charge in [-0.05, 0) is 56.8 Å². The van der Waals surface area contributed by atoms with E-state index in [1.807, 2.05) is 32.6 Å². The number of amides is 2. The summed E-state index contributed by atoms with van der Waals surface area (Å²) in [5.41, 5.74) is 0.539. The number of hydrogen-bond acceptors (Lipinski definition) is 6. The Labute approximate surface area is 212 Å². The minimum atomic E-state index is -0.0766. The fourth-order valence-electron chi connectivity index (χ4n) is 4.54. The zero-order chi connectivity index (χ0) is 26.0. The molecule has 0 aliphatic carbocycles. The zero-order valence-electron chi connectivity index (χ0n) is 22.2. The molecule has 2 radical (unpaired) electrons. The molecule has 1 aliphatic rings. The number of carbonyl (C=O) groups excluding carboxylic acids is 2. The highest BCUT2D eigenvalue weighted by Gasteiger charge is 2.34. The molecular formula is C26H42BN3O5. The first-order valence-corrected chi connectivity index (χ1v) is 12.5. The normalized spacial score (nSPS) is 18.5. The molecular weight excluding hydrogens is 445 g/mol. The molecule has 1 aromatic rings. The predicted octanol–water partition coefficient (Wildman–Crippen LogP) is 2.90.